The quantitative estimate of drug-likeness (QED) is 0.625. The molecule has 0 amide bonds. The van der Waals surface area contributed by atoms with Crippen LogP contribution in [0.25, 0.3) is 0 Å². The first-order chi connectivity index (χ1) is 9.56. The predicted octanol–water partition coefficient (Wildman–Crippen LogP) is 0.794. The van der Waals surface area contributed by atoms with E-state index in [0.29, 0.717) is 19.6 Å². The molecule has 1 aromatic carbocycles. The van der Waals surface area contributed by atoms with E-state index < -0.39 is 6.10 Å². The summed E-state index contributed by atoms with van der Waals surface area (Å²) in [5.74, 6) is 0.776. The zero-order valence-electron chi connectivity index (χ0n) is 12.2. The minimum Gasteiger partial charge on any atom is -0.491 e. The van der Waals surface area contributed by atoms with Crippen molar-refractivity contribution >= 4 is 0 Å². The second-order valence-electron chi connectivity index (χ2n) is 5.00. The first kappa shape index (κ1) is 16.9. The molecule has 0 fully saturated rings. The highest BCUT2D eigenvalue weighted by Gasteiger charge is 2.13. The molecule has 1 unspecified atom stereocenters. The maximum atomic E-state index is 10.2. The van der Waals surface area contributed by atoms with E-state index in [-0.39, 0.29) is 19.3 Å². The van der Waals surface area contributed by atoms with E-state index in [0.717, 1.165) is 11.3 Å². The van der Waals surface area contributed by atoms with E-state index in [4.69, 9.17) is 14.9 Å². The molecule has 0 aliphatic carbocycles. The van der Waals surface area contributed by atoms with Crippen molar-refractivity contribution in [1.29, 1.82) is 0 Å². The Balaban J connectivity index is 2.59. The molecule has 0 aliphatic heterocycles. The van der Waals surface area contributed by atoms with Gasteiger partial charge in [-0.1, -0.05) is 12.1 Å². The van der Waals surface area contributed by atoms with Crippen molar-refractivity contribution in [2.75, 3.05) is 32.8 Å². The predicted molar refractivity (Wildman–Crippen MR) is 77.8 cm³/mol. The fourth-order valence-corrected chi connectivity index (χ4v) is 1.97. The monoisotopic (exact) mass is 283 g/mol. The van der Waals surface area contributed by atoms with Crippen LogP contribution in [-0.4, -0.2) is 59.2 Å². The highest BCUT2D eigenvalue weighted by molar-refractivity contribution is 5.28. The van der Waals surface area contributed by atoms with E-state index in [1.807, 2.05) is 43.0 Å². The van der Waals surface area contributed by atoms with Gasteiger partial charge in [-0.2, -0.15) is 0 Å². The molecule has 1 rings (SSSR count). The highest BCUT2D eigenvalue weighted by atomic mass is 16.5. The van der Waals surface area contributed by atoms with Crippen molar-refractivity contribution in [2.45, 2.75) is 26.1 Å². The Kier molecular flexibility index (Phi) is 7.54. The molecule has 5 heteroatoms. The lowest BCUT2D eigenvalue weighted by Gasteiger charge is -2.23. The smallest absolute Gasteiger partial charge is 0.119 e. The van der Waals surface area contributed by atoms with Crippen LogP contribution in [0.2, 0.25) is 0 Å². The zero-order chi connectivity index (χ0) is 15.0. The van der Waals surface area contributed by atoms with Gasteiger partial charge in [-0.3, -0.25) is 4.90 Å². The largest absolute Gasteiger partial charge is 0.491 e. The Morgan fingerprint density at radius 2 is 1.60 bits per heavy atom. The second kappa shape index (κ2) is 8.92. The third-order valence-corrected chi connectivity index (χ3v) is 2.90. The second-order valence-corrected chi connectivity index (χ2v) is 5.00. The van der Waals surface area contributed by atoms with Crippen LogP contribution in [0.15, 0.2) is 24.3 Å². The Morgan fingerprint density at radius 3 is 2.05 bits per heavy atom. The number of nitrogens with zero attached hydrogens (tertiary/aromatic N) is 1. The molecule has 0 radical (unpaired) electrons. The molecular formula is C15H25NO4. The van der Waals surface area contributed by atoms with E-state index >= 15 is 0 Å². The van der Waals surface area contributed by atoms with Gasteiger partial charge in [0.1, 0.15) is 5.75 Å². The van der Waals surface area contributed by atoms with Crippen LogP contribution >= 0.6 is 0 Å². The number of aliphatic hydroxyl groups excluding tert-OH is 3. The van der Waals surface area contributed by atoms with E-state index in [1.165, 1.54) is 0 Å². The van der Waals surface area contributed by atoms with Crippen molar-refractivity contribution in [3.05, 3.63) is 29.8 Å². The van der Waals surface area contributed by atoms with Gasteiger partial charge in [0.15, 0.2) is 0 Å². The molecule has 0 heterocycles. The number of rotatable bonds is 9. The Bertz CT molecular complexity index is 361. The summed E-state index contributed by atoms with van der Waals surface area (Å²) in [6, 6.07) is 7.33. The number of aliphatic hydroxyl groups is 3. The summed E-state index contributed by atoms with van der Waals surface area (Å²) in [7, 11) is 0. The van der Waals surface area contributed by atoms with E-state index in [1.54, 1.807) is 0 Å². The lowest BCUT2D eigenvalue weighted by molar-refractivity contribution is 0.0874. The molecule has 0 bridgehead atoms. The van der Waals surface area contributed by atoms with Gasteiger partial charge in [0, 0.05) is 19.6 Å². The molecule has 0 spiro atoms. The van der Waals surface area contributed by atoms with Gasteiger partial charge in [0.05, 0.1) is 25.4 Å². The zero-order valence-corrected chi connectivity index (χ0v) is 12.2. The maximum Gasteiger partial charge on any atom is 0.119 e. The Labute approximate surface area is 120 Å². The number of ether oxygens (including phenoxy) is 1. The summed E-state index contributed by atoms with van der Waals surface area (Å²) < 4.78 is 5.55. The van der Waals surface area contributed by atoms with Crippen molar-refractivity contribution in [3.63, 3.8) is 0 Å². The summed E-state index contributed by atoms with van der Waals surface area (Å²) >= 11 is 0. The minimum absolute atomic E-state index is 0.00782. The van der Waals surface area contributed by atoms with Crippen LogP contribution in [0.1, 0.15) is 25.5 Å². The standard InChI is InChI=1S/C15H25NO4/c1-12(2)20-14-5-3-13(4-6-14)15(19)11-16(7-9-17)8-10-18/h3-6,12,15,17-19H,7-11H2,1-2H3. The van der Waals surface area contributed by atoms with Gasteiger partial charge in [-0.15, -0.1) is 0 Å². The van der Waals surface area contributed by atoms with Crippen LogP contribution < -0.4 is 4.74 Å². The van der Waals surface area contributed by atoms with Gasteiger partial charge >= 0.3 is 0 Å². The van der Waals surface area contributed by atoms with E-state index in [9.17, 15) is 5.11 Å². The summed E-state index contributed by atoms with van der Waals surface area (Å²) in [4.78, 5) is 1.82. The molecule has 0 aliphatic rings. The fraction of sp³-hybridized carbons (Fsp3) is 0.600. The lowest BCUT2D eigenvalue weighted by Crippen LogP contribution is -2.33. The molecule has 0 saturated heterocycles. The third kappa shape index (κ3) is 5.88. The summed E-state index contributed by atoms with van der Waals surface area (Å²) in [5.41, 5.74) is 0.794. The van der Waals surface area contributed by atoms with Crippen LogP contribution in [0, 0.1) is 0 Å². The summed E-state index contributed by atoms with van der Waals surface area (Å²) in [6.45, 7) is 5.19. The van der Waals surface area contributed by atoms with Crippen LogP contribution in [0.3, 0.4) is 0 Å². The molecule has 3 N–H and O–H groups in total. The van der Waals surface area contributed by atoms with Gasteiger partial charge < -0.3 is 20.1 Å². The van der Waals surface area contributed by atoms with Gasteiger partial charge in [-0.25, -0.2) is 0 Å². The number of benzene rings is 1. The molecule has 5 nitrogen and oxygen atoms in total. The molecule has 1 atom stereocenters. The van der Waals surface area contributed by atoms with Crippen molar-refractivity contribution in [2.24, 2.45) is 0 Å². The van der Waals surface area contributed by atoms with Crippen LogP contribution in [-0.2, 0) is 0 Å². The lowest BCUT2D eigenvalue weighted by atomic mass is 10.1. The molecular weight excluding hydrogens is 258 g/mol. The molecule has 20 heavy (non-hydrogen) atoms. The highest BCUT2D eigenvalue weighted by Crippen LogP contribution is 2.19. The van der Waals surface area contributed by atoms with Gasteiger partial charge in [0.25, 0.3) is 0 Å². The number of hydrogen-bond donors (Lipinski definition) is 3. The maximum absolute atomic E-state index is 10.2. The molecule has 114 valence electrons. The van der Waals surface area contributed by atoms with Gasteiger partial charge in [0.2, 0.25) is 0 Å². The van der Waals surface area contributed by atoms with Crippen molar-refractivity contribution in [1.82, 2.24) is 4.90 Å². The normalized spacial score (nSPS) is 12.9. The summed E-state index contributed by atoms with van der Waals surface area (Å²) in [6.07, 6.45) is -0.531. The first-order valence-electron chi connectivity index (χ1n) is 6.95. The topological polar surface area (TPSA) is 73.2 Å². The minimum atomic E-state index is -0.652. The van der Waals surface area contributed by atoms with Crippen molar-refractivity contribution in [3.8, 4) is 5.75 Å². The fourth-order valence-electron chi connectivity index (χ4n) is 1.97. The average molecular weight is 283 g/mol. The first-order valence-corrected chi connectivity index (χ1v) is 6.95. The Hall–Kier alpha value is -1.14. The van der Waals surface area contributed by atoms with Crippen LogP contribution in [0.5, 0.6) is 5.75 Å². The SMILES string of the molecule is CC(C)Oc1ccc(C(O)CN(CCO)CCO)cc1. The van der Waals surface area contributed by atoms with Crippen molar-refractivity contribution < 1.29 is 20.1 Å². The average Bonchev–Trinajstić information content (AvgIpc) is 2.39. The van der Waals surface area contributed by atoms with Gasteiger partial charge in [-0.05, 0) is 31.5 Å². The number of hydrogen-bond acceptors (Lipinski definition) is 5. The Morgan fingerprint density at radius 1 is 1.05 bits per heavy atom. The summed E-state index contributed by atoms with van der Waals surface area (Å²) in [5, 5.41) is 28.1. The third-order valence-electron chi connectivity index (χ3n) is 2.90. The van der Waals surface area contributed by atoms with Crippen LogP contribution in [0.4, 0.5) is 0 Å². The molecule has 0 saturated carbocycles. The molecule has 0 aromatic heterocycles. The van der Waals surface area contributed by atoms with E-state index in [2.05, 4.69) is 0 Å². The molecule has 1 aromatic rings.